The van der Waals surface area contributed by atoms with Crippen molar-refractivity contribution in [3.63, 3.8) is 0 Å². The highest BCUT2D eigenvalue weighted by molar-refractivity contribution is 6.06. The van der Waals surface area contributed by atoms with Crippen LogP contribution in [0.3, 0.4) is 0 Å². The van der Waals surface area contributed by atoms with Crippen molar-refractivity contribution < 1.29 is 24.5 Å². The van der Waals surface area contributed by atoms with E-state index in [2.05, 4.69) is 5.32 Å². The lowest BCUT2D eigenvalue weighted by atomic mass is 9.96. The Kier molecular flexibility index (Phi) is 5.66. The van der Waals surface area contributed by atoms with Gasteiger partial charge in [-0.25, -0.2) is 4.79 Å². The molecule has 0 aliphatic carbocycles. The summed E-state index contributed by atoms with van der Waals surface area (Å²) in [7, 11) is 1.44. The summed E-state index contributed by atoms with van der Waals surface area (Å²) < 4.78 is 4.75. The number of carbonyl (C=O) groups is 2. The predicted octanol–water partition coefficient (Wildman–Crippen LogP) is 0.739. The number of hydrogen-bond donors (Lipinski definition) is 3. The summed E-state index contributed by atoms with van der Waals surface area (Å²) in [4.78, 5) is 23.4. The minimum Gasteiger partial charge on any atom is -0.478 e. The van der Waals surface area contributed by atoms with Gasteiger partial charge in [-0.1, -0.05) is 12.1 Å². The second kappa shape index (κ2) is 7.02. The predicted molar refractivity (Wildman–Crippen MR) is 73.1 cm³/mol. The van der Waals surface area contributed by atoms with Crippen molar-refractivity contribution in [1.29, 1.82) is 0 Å². The molecular weight excluding hydrogens is 262 g/mol. The molecule has 6 nitrogen and oxygen atoms in total. The van der Waals surface area contributed by atoms with Crippen molar-refractivity contribution in [3.8, 4) is 0 Å². The van der Waals surface area contributed by atoms with Crippen LogP contribution in [-0.2, 0) is 4.74 Å². The van der Waals surface area contributed by atoms with E-state index < -0.39 is 18.0 Å². The molecule has 0 fully saturated rings. The molecule has 0 radical (unpaired) electrons. The zero-order valence-corrected chi connectivity index (χ0v) is 11.8. The zero-order valence-electron chi connectivity index (χ0n) is 11.8. The number of aliphatic hydroxyl groups excluding tert-OH is 1. The molecule has 0 heterocycles. The first-order valence-corrected chi connectivity index (χ1v) is 6.17. The maximum Gasteiger partial charge on any atom is 0.336 e. The zero-order chi connectivity index (χ0) is 15.3. The number of carboxylic acids is 1. The van der Waals surface area contributed by atoms with Crippen LogP contribution in [0.1, 0.15) is 31.8 Å². The second-order valence-corrected chi connectivity index (χ2v) is 4.57. The van der Waals surface area contributed by atoms with Gasteiger partial charge >= 0.3 is 5.97 Å². The third-order valence-corrected chi connectivity index (χ3v) is 2.92. The molecule has 0 bridgehead atoms. The lowest BCUT2D eigenvalue weighted by molar-refractivity contribution is 0.0606. The van der Waals surface area contributed by atoms with Crippen molar-refractivity contribution in [2.45, 2.75) is 20.0 Å². The summed E-state index contributed by atoms with van der Waals surface area (Å²) in [5.41, 5.74) is 1.21. The molecule has 1 atom stereocenters. The largest absolute Gasteiger partial charge is 0.478 e. The molecule has 0 aliphatic rings. The van der Waals surface area contributed by atoms with Crippen LogP contribution in [0, 0.1) is 13.8 Å². The molecule has 110 valence electrons. The highest BCUT2D eigenvalue weighted by atomic mass is 16.5. The van der Waals surface area contributed by atoms with E-state index in [1.807, 2.05) is 0 Å². The molecule has 1 amide bonds. The van der Waals surface area contributed by atoms with Crippen molar-refractivity contribution in [1.82, 2.24) is 5.32 Å². The molecule has 0 saturated carbocycles. The van der Waals surface area contributed by atoms with Crippen LogP contribution in [0.25, 0.3) is 0 Å². The normalized spacial score (nSPS) is 12.0. The van der Waals surface area contributed by atoms with E-state index in [0.717, 1.165) is 0 Å². The van der Waals surface area contributed by atoms with Crippen LogP contribution in [0.4, 0.5) is 0 Å². The van der Waals surface area contributed by atoms with Gasteiger partial charge in [0.2, 0.25) is 0 Å². The summed E-state index contributed by atoms with van der Waals surface area (Å²) in [5.74, 6) is -1.66. The van der Waals surface area contributed by atoms with E-state index in [1.165, 1.54) is 7.11 Å². The first kappa shape index (κ1) is 16.1. The van der Waals surface area contributed by atoms with Crippen molar-refractivity contribution >= 4 is 11.9 Å². The number of benzene rings is 1. The molecule has 20 heavy (non-hydrogen) atoms. The standard InChI is InChI=1S/C14H19NO5/c1-8-4-5-9(2)12(14(18)19)11(8)13(17)15-6-10(16)7-20-3/h4-5,10,16H,6-7H2,1-3H3,(H,15,17)(H,18,19). The Morgan fingerprint density at radius 3 is 2.30 bits per heavy atom. The quantitative estimate of drug-likeness (QED) is 0.714. The van der Waals surface area contributed by atoms with Crippen LogP contribution >= 0.6 is 0 Å². The molecule has 1 aromatic rings. The molecule has 3 N–H and O–H groups in total. The molecule has 1 aromatic carbocycles. The van der Waals surface area contributed by atoms with Gasteiger partial charge in [0.25, 0.3) is 5.91 Å². The molecular formula is C14H19NO5. The molecule has 0 spiro atoms. The summed E-state index contributed by atoms with van der Waals surface area (Å²) in [6, 6.07) is 3.36. The lowest BCUT2D eigenvalue weighted by Crippen LogP contribution is -2.35. The van der Waals surface area contributed by atoms with Gasteiger partial charge in [-0.3, -0.25) is 4.79 Å². The van der Waals surface area contributed by atoms with E-state index in [4.69, 9.17) is 4.74 Å². The fraction of sp³-hybridized carbons (Fsp3) is 0.429. The van der Waals surface area contributed by atoms with Crippen LogP contribution < -0.4 is 5.32 Å². The van der Waals surface area contributed by atoms with Gasteiger partial charge in [-0.05, 0) is 25.0 Å². The maximum atomic E-state index is 12.1. The first-order valence-electron chi connectivity index (χ1n) is 6.17. The number of methoxy groups -OCH3 is 1. The SMILES string of the molecule is COCC(O)CNC(=O)c1c(C)ccc(C)c1C(=O)O. The van der Waals surface area contributed by atoms with Gasteiger partial charge in [-0.2, -0.15) is 0 Å². The molecule has 6 heteroatoms. The van der Waals surface area contributed by atoms with E-state index in [1.54, 1.807) is 26.0 Å². The Morgan fingerprint density at radius 2 is 1.80 bits per heavy atom. The summed E-state index contributed by atoms with van der Waals surface area (Å²) in [6.45, 7) is 3.41. The van der Waals surface area contributed by atoms with Gasteiger partial charge in [0.1, 0.15) is 0 Å². The van der Waals surface area contributed by atoms with Crippen molar-refractivity contribution in [2.24, 2.45) is 0 Å². The number of carbonyl (C=O) groups excluding carboxylic acids is 1. The van der Waals surface area contributed by atoms with Crippen molar-refractivity contribution in [3.05, 3.63) is 34.4 Å². The average Bonchev–Trinajstić information content (AvgIpc) is 2.38. The number of rotatable bonds is 6. The summed E-state index contributed by atoms with van der Waals surface area (Å²) in [5, 5.41) is 21.2. The van der Waals surface area contributed by atoms with Gasteiger partial charge < -0.3 is 20.3 Å². The smallest absolute Gasteiger partial charge is 0.336 e. The van der Waals surface area contributed by atoms with Crippen molar-refractivity contribution in [2.75, 3.05) is 20.3 Å². The Labute approximate surface area is 117 Å². The van der Waals surface area contributed by atoms with E-state index in [-0.39, 0.29) is 24.3 Å². The highest BCUT2D eigenvalue weighted by Crippen LogP contribution is 2.18. The number of hydrogen-bond acceptors (Lipinski definition) is 4. The second-order valence-electron chi connectivity index (χ2n) is 4.57. The lowest BCUT2D eigenvalue weighted by Gasteiger charge is -2.14. The third-order valence-electron chi connectivity index (χ3n) is 2.92. The fourth-order valence-electron chi connectivity index (χ4n) is 1.93. The number of ether oxygens (including phenoxy) is 1. The van der Waals surface area contributed by atoms with Crippen LogP contribution in [0.15, 0.2) is 12.1 Å². The van der Waals surface area contributed by atoms with Gasteiger partial charge in [-0.15, -0.1) is 0 Å². The van der Waals surface area contributed by atoms with E-state index >= 15 is 0 Å². The molecule has 1 unspecified atom stereocenters. The van der Waals surface area contributed by atoms with Gasteiger partial charge in [0, 0.05) is 13.7 Å². The van der Waals surface area contributed by atoms with Gasteiger partial charge in [0.15, 0.2) is 0 Å². The summed E-state index contributed by atoms with van der Waals surface area (Å²) >= 11 is 0. The fourth-order valence-corrected chi connectivity index (χ4v) is 1.93. The summed E-state index contributed by atoms with van der Waals surface area (Å²) in [6.07, 6.45) is -0.831. The minimum absolute atomic E-state index is 0.000879. The Morgan fingerprint density at radius 1 is 1.25 bits per heavy atom. The van der Waals surface area contributed by atoms with Crippen LogP contribution in [0.5, 0.6) is 0 Å². The van der Waals surface area contributed by atoms with Crippen LogP contribution in [-0.4, -0.2) is 48.5 Å². The number of aryl methyl sites for hydroxylation is 2. The number of nitrogens with one attached hydrogen (secondary N) is 1. The molecule has 0 aliphatic heterocycles. The first-order chi connectivity index (χ1) is 9.38. The number of amides is 1. The Balaban J connectivity index is 2.98. The Bertz CT molecular complexity index is 513. The molecule has 0 aromatic heterocycles. The Hall–Kier alpha value is -1.92. The highest BCUT2D eigenvalue weighted by Gasteiger charge is 2.21. The average molecular weight is 281 g/mol. The molecule has 1 rings (SSSR count). The van der Waals surface area contributed by atoms with E-state index in [9.17, 15) is 19.8 Å². The third kappa shape index (κ3) is 3.79. The maximum absolute atomic E-state index is 12.1. The van der Waals surface area contributed by atoms with Crippen LogP contribution in [0.2, 0.25) is 0 Å². The monoisotopic (exact) mass is 281 g/mol. The number of aromatic carboxylic acids is 1. The molecule has 0 saturated heterocycles. The minimum atomic E-state index is -1.14. The number of carboxylic acid groups (broad SMARTS) is 1. The van der Waals surface area contributed by atoms with Gasteiger partial charge in [0.05, 0.1) is 23.8 Å². The number of aliphatic hydroxyl groups is 1. The van der Waals surface area contributed by atoms with E-state index in [0.29, 0.717) is 11.1 Å². The topological polar surface area (TPSA) is 95.9 Å².